The standard InChI is InChI=1S/C20H28N2O7/c1-5-28-18-10-16(22(25)26)14(9-17(18)27-4)20(24)29-11-19(23)21-15-8-6-7-12(2)13(15)3/h9-10,12-13,15H,5-8,11H2,1-4H3,(H,21,23)/t12-,13-,15+/m0/s1. The quantitative estimate of drug-likeness (QED) is 0.399. The number of hydrogen-bond acceptors (Lipinski definition) is 7. The third-order valence-electron chi connectivity index (χ3n) is 5.39. The van der Waals surface area contributed by atoms with Gasteiger partial charge in [0.25, 0.3) is 11.6 Å². The summed E-state index contributed by atoms with van der Waals surface area (Å²) < 4.78 is 15.5. The number of esters is 1. The van der Waals surface area contributed by atoms with E-state index in [1.807, 2.05) is 0 Å². The van der Waals surface area contributed by atoms with Crippen LogP contribution in [-0.2, 0) is 9.53 Å². The summed E-state index contributed by atoms with van der Waals surface area (Å²) in [5.74, 6) is -0.242. The van der Waals surface area contributed by atoms with E-state index in [-0.39, 0.29) is 29.7 Å². The van der Waals surface area contributed by atoms with Gasteiger partial charge in [-0.25, -0.2) is 4.79 Å². The van der Waals surface area contributed by atoms with Crippen molar-refractivity contribution in [3.05, 3.63) is 27.8 Å². The van der Waals surface area contributed by atoms with Gasteiger partial charge in [0.05, 0.1) is 24.7 Å². The summed E-state index contributed by atoms with van der Waals surface area (Å²) >= 11 is 0. The van der Waals surface area contributed by atoms with Gasteiger partial charge in [0.1, 0.15) is 5.56 Å². The third kappa shape index (κ3) is 5.58. The van der Waals surface area contributed by atoms with Gasteiger partial charge in [-0.3, -0.25) is 14.9 Å². The fourth-order valence-electron chi connectivity index (χ4n) is 3.53. The van der Waals surface area contributed by atoms with E-state index in [1.54, 1.807) is 6.92 Å². The lowest BCUT2D eigenvalue weighted by atomic mass is 9.78. The molecule has 0 saturated heterocycles. The Bertz CT molecular complexity index is 765. The van der Waals surface area contributed by atoms with Gasteiger partial charge in [-0.15, -0.1) is 0 Å². The van der Waals surface area contributed by atoms with E-state index in [2.05, 4.69) is 19.2 Å². The molecule has 1 fully saturated rings. The van der Waals surface area contributed by atoms with Crippen LogP contribution in [0.2, 0.25) is 0 Å². The van der Waals surface area contributed by atoms with E-state index < -0.39 is 29.1 Å². The molecule has 0 aliphatic heterocycles. The second-order valence-electron chi connectivity index (χ2n) is 7.23. The highest BCUT2D eigenvalue weighted by Crippen LogP contribution is 2.35. The molecule has 0 aromatic heterocycles. The van der Waals surface area contributed by atoms with Crippen molar-refractivity contribution in [3.8, 4) is 11.5 Å². The minimum absolute atomic E-state index is 0.0323. The van der Waals surface area contributed by atoms with Crippen LogP contribution in [0.4, 0.5) is 5.69 Å². The Kier molecular flexibility index (Phi) is 7.81. The molecule has 1 aliphatic rings. The molecular weight excluding hydrogens is 380 g/mol. The van der Waals surface area contributed by atoms with Crippen molar-refractivity contribution in [2.75, 3.05) is 20.3 Å². The molecule has 1 aromatic rings. The number of nitrogens with zero attached hydrogens (tertiary/aromatic N) is 1. The fourth-order valence-corrected chi connectivity index (χ4v) is 3.53. The highest BCUT2D eigenvalue weighted by atomic mass is 16.6. The van der Waals surface area contributed by atoms with Gasteiger partial charge in [0.15, 0.2) is 18.1 Å². The summed E-state index contributed by atoms with van der Waals surface area (Å²) in [7, 11) is 1.36. The van der Waals surface area contributed by atoms with Crippen LogP contribution in [0, 0.1) is 22.0 Å². The molecule has 0 unspecified atom stereocenters. The van der Waals surface area contributed by atoms with Gasteiger partial charge >= 0.3 is 5.97 Å². The van der Waals surface area contributed by atoms with Crippen molar-refractivity contribution < 1.29 is 28.7 Å². The molecule has 0 heterocycles. The highest BCUT2D eigenvalue weighted by Gasteiger charge is 2.29. The zero-order valence-electron chi connectivity index (χ0n) is 17.2. The lowest BCUT2D eigenvalue weighted by Crippen LogP contribution is -2.45. The minimum Gasteiger partial charge on any atom is -0.493 e. The van der Waals surface area contributed by atoms with Crippen LogP contribution in [0.25, 0.3) is 0 Å². The molecule has 3 atom stereocenters. The van der Waals surface area contributed by atoms with Crippen molar-refractivity contribution in [3.63, 3.8) is 0 Å². The van der Waals surface area contributed by atoms with E-state index in [0.29, 0.717) is 11.8 Å². The maximum Gasteiger partial charge on any atom is 0.345 e. The second-order valence-corrected chi connectivity index (χ2v) is 7.23. The van der Waals surface area contributed by atoms with Gasteiger partial charge in [-0.1, -0.05) is 26.7 Å². The van der Waals surface area contributed by atoms with Crippen LogP contribution in [0.15, 0.2) is 12.1 Å². The Hall–Kier alpha value is -2.84. The first-order chi connectivity index (χ1) is 13.8. The molecule has 1 saturated carbocycles. The third-order valence-corrected chi connectivity index (χ3v) is 5.39. The first kappa shape index (κ1) is 22.4. The normalized spacial score (nSPS) is 21.2. The number of amides is 1. The number of nitro benzene ring substituents is 1. The number of nitrogens with one attached hydrogen (secondary N) is 1. The van der Waals surface area contributed by atoms with Crippen molar-refractivity contribution in [2.24, 2.45) is 11.8 Å². The average Bonchev–Trinajstić information content (AvgIpc) is 2.69. The van der Waals surface area contributed by atoms with E-state index in [1.165, 1.54) is 13.2 Å². The van der Waals surface area contributed by atoms with Crippen LogP contribution in [0.3, 0.4) is 0 Å². The summed E-state index contributed by atoms with van der Waals surface area (Å²) in [4.78, 5) is 35.3. The van der Waals surface area contributed by atoms with Crippen molar-refractivity contribution in [1.29, 1.82) is 0 Å². The van der Waals surface area contributed by atoms with Crippen molar-refractivity contribution in [2.45, 2.75) is 46.1 Å². The van der Waals surface area contributed by atoms with Crippen LogP contribution >= 0.6 is 0 Å². The molecule has 1 N–H and O–H groups in total. The Morgan fingerprint density at radius 3 is 2.59 bits per heavy atom. The zero-order valence-corrected chi connectivity index (χ0v) is 17.2. The summed E-state index contributed by atoms with van der Waals surface area (Å²) in [5.41, 5.74) is -0.780. The number of ether oxygens (including phenoxy) is 3. The summed E-state index contributed by atoms with van der Waals surface area (Å²) in [5, 5.41) is 14.3. The fraction of sp³-hybridized carbons (Fsp3) is 0.600. The predicted octanol–water partition coefficient (Wildman–Crippen LogP) is 3.10. The number of carbonyl (C=O) groups excluding carboxylic acids is 2. The second kappa shape index (κ2) is 10.1. The number of carbonyl (C=O) groups is 2. The molecule has 1 amide bonds. The Balaban J connectivity index is 2.07. The smallest absolute Gasteiger partial charge is 0.345 e. The monoisotopic (exact) mass is 408 g/mol. The molecule has 1 aliphatic carbocycles. The van der Waals surface area contributed by atoms with E-state index in [0.717, 1.165) is 25.3 Å². The van der Waals surface area contributed by atoms with Gasteiger partial charge in [0.2, 0.25) is 0 Å². The predicted molar refractivity (Wildman–Crippen MR) is 105 cm³/mol. The number of nitro groups is 1. The lowest BCUT2D eigenvalue weighted by molar-refractivity contribution is -0.385. The van der Waals surface area contributed by atoms with Crippen LogP contribution in [0.5, 0.6) is 11.5 Å². The largest absolute Gasteiger partial charge is 0.493 e. The molecule has 0 spiro atoms. The van der Waals surface area contributed by atoms with Gasteiger partial charge < -0.3 is 19.5 Å². The highest BCUT2D eigenvalue weighted by molar-refractivity contribution is 5.96. The molecule has 9 nitrogen and oxygen atoms in total. The maximum absolute atomic E-state index is 12.4. The summed E-state index contributed by atoms with van der Waals surface area (Å²) in [6, 6.07) is 2.34. The minimum atomic E-state index is -0.974. The maximum atomic E-state index is 12.4. The van der Waals surface area contributed by atoms with Crippen LogP contribution < -0.4 is 14.8 Å². The molecule has 1 aromatic carbocycles. The number of rotatable bonds is 8. The summed E-state index contributed by atoms with van der Waals surface area (Å²) in [6.07, 6.45) is 3.05. The zero-order chi connectivity index (χ0) is 21.6. The molecule has 9 heteroatoms. The van der Waals surface area contributed by atoms with Gasteiger partial charge in [-0.05, 0) is 25.2 Å². The van der Waals surface area contributed by atoms with Crippen LogP contribution in [0.1, 0.15) is 50.4 Å². The van der Waals surface area contributed by atoms with Gasteiger partial charge in [-0.2, -0.15) is 0 Å². The van der Waals surface area contributed by atoms with Crippen LogP contribution in [-0.4, -0.2) is 43.2 Å². The average molecular weight is 408 g/mol. The molecule has 0 radical (unpaired) electrons. The Labute approximate surface area is 169 Å². The number of hydrogen-bond donors (Lipinski definition) is 1. The summed E-state index contributed by atoms with van der Waals surface area (Å²) in [6.45, 7) is 5.73. The number of methoxy groups -OCH3 is 1. The van der Waals surface area contributed by atoms with E-state index in [4.69, 9.17) is 14.2 Å². The van der Waals surface area contributed by atoms with Crippen molar-refractivity contribution >= 4 is 17.6 Å². The molecule has 160 valence electrons. The Morgan fingerprint density at radius 2 is 1.97 bits per heavy atom. The van der Waals surface area contributed by atoms with E-state index >= 15 is 0 Å². The van der Waals surface area contributed by atoms with Gasteiger partial charge in [0, 0.05) is 12.1 Å². The first-order valence-electron chi connectivity index (χ1n) is 9.74. The molecule has 29 heavy (non-hydrogen) atoms. The topological polar surface area (TPSA) is 117 Å². The van der Waals surface area contributed by atoms with Crippen molar-refractivity contribution in [1.82, 2.24) is 5.32 Å². The molecule has 0 bridgehead atoms. The molecule has 2 rings (SSSR count). The molecular formula is C20H28N2O7. The van der Waals surface area contributed by atoms with E-state index in [9.17, 15) is 19.7 Å². The first-order valence-corrected chi connectivity index (χ1v) is 9.74. The lowest BCUT2D eigenvalue weighted by Gasteiger charge is -2.34. The Morgan fingerprint density at radius 1 is 1.24 bits per heavy atom. The SMILES string of the molecule is CCOc1cc([N+](=O)[O-])c(C(=O)OCC(=O)N[C@@H]2CCC[C@H](C)[C@@H]2C)cc1OC. The number of benzene rings is 1.